The van der Waals surface area contributed by atoms with Crippen molar-refractivity contribution < 1.29 is 14.3 Å². The van der Waals surface area contributed by atoms with Crippen molar-refractivity contribution in [1.82, 2.24) is 0 Å². The lowest BCUT2D eigenvalue weighted by molar-refractivity contribution is -0.114. The van der Waals surface area contributed by atoms with Crippen molar-refractivity contribution in [2.45, 2.75) is 6.92 Å². The number of carbonyl (C=O) groups excluding carboxylic acids is 2. The molecule has 0 bridgehead atoms. The Hall–Kier alpha value is -2.33. The fraction of sp³-hybridized carbons (Fsp3) is 0.0667. The first-order valence-electron chi connectivity index (χ1n) is 5.89. The van der Waals surface area contributed by atoms with Gasteiger partial charge in [-0.2, -0.15) is 0 Å². The number of carbonyl (C=O) groups is 2. The van der Waals surface area contributed by atoms with Gasteiger partial charge < -0.3 is 10.1 Å². The van der Waals surface area contributed by atoms with E-state index in [2.05, 4.69) is 5.32 Å². The third-order valence-corrected chi connectivity index (χ3v) is 2.81. The van der Waals surface area contributed by atoms with Crippen molar-refractivity contribution in [2.75, 3.05) is 5.32 Å². The topological polar surface area (TPSA) is 55.4 Å². The summed E-state index contributed by atoms with van der Waals surface area (Å²) in [5.74, 6) is 0.696. The lowest BCUT2D eigenvalue weighted by Gasteiger charge is -2.12. The van der Waals surface area contributed by atoms with E-state index in [0.717, 1.165) is 0 Å². The minimum atomic E-state index is -0.191. The van der Waals surface area contributed by atoms with Gasteiger partial charge in [-0.1, -0.05) is 23.7 Å². The number of para-hydroxylation sites is 2. The normalized spacial score (nSPS) is 9.90. The van der Waals surface area contributed by atoms with E-state index >= 15 is 0 Å². The lowest BCUT2D eigenvalue weighted by atomic mass is 10.2. The van der Waals surface area contributed by atoms with Crippen LogP contribution < -0.4 is 10.1 Å². The van der Waals surface area contributed by atoms with Gasteiger partial charge in [0.05, 0.1) is 10.7 Å². The van der Waals surface area contributed by atoms with Crippen LogP contribution in [0.25, 0.3) is 0 Å². The Balaban J connectivity index is 2.30. The molecule has 0 heterocycles. The third-order valence-electron chi connectivity index (χ3n) is 2.51. The number of benzene rings is 2. The predicted octanol–water partition coefficient (Wildman–Crippen LogP) is 3.90. The van der Waals surface area contributed by atoms with Gasteiger partial charge >= 0.3 is 0 Å². The van der Waals surface area contributed by atoms with Gasteiger partial charge in [0.25, 0.3) is 0 Å². The maximum Gasteiger partial charge on any atom is 0.221 e. The van der Waals surface area contributed by atoms with Crippen molar-refractivity contribution in [1.29, 1.82) is 0 Å². The lowest BCUT2D eigenvalue weighted by Crippen LogP contribution is -2.06. The van der Waals surface area contributed by atoms with Crippen LogP contribution in [-0.2, 0) is 4.79 Å². The summed E-state index contributed by atoms with van der Waals surface area (Å²) in [4.78, 5) is 21.8. The summed E-state index contributed by atoms with van der Waals surface area (Å²) in [6.07, 6.45) is 0.709. The number of hydrogen-bond donors (Lipinski definition) is 1. The molecule has 0 atom stereocenters. The summed E-state index contributed by atoms with van der Waals surface area (Å²) in [5, 5.41) is 3.00. The molecule has 2 aromatic carbocycles. The average Bonchev–Trinajstić information content (AvgIpc) is 2.42. The van der Waals surface area contributed by atoms with E-state index in [1.165, 1.54) is 13.0 Å². The summed E-state index contributed by atoms with van der Waals surface area (Å²) < 4.78 is 5.68. The van der Waals surface area contributed by atoms with Gasteiger partial charge in [-0.3, -0.25) is 9.59 Å². The van der Waals surface area contributed by atoms with Crippen molar-refractivity contribution in [3.63, 3.8) is 0 Å². The molecule has 1 amide bonds. The van der Waals surface area contributed by atoms with Gasteiger partial charge in [0, 0.05) is 12.5 Å². The van der Waals surface area contributed by atoms with Gasteiger partial charge in [-0.25, -0.2) is 0 Å². The largest absolute Gasteiger partial charge is 0.454 e. The SMILES string of the molecule is CC(=O)Nc1ccccc1Oc1ccc(C=O)cc1Cl. The van der Waals surface area contributed by atoms with Crippen molar-refractivity contribution in [3.05, 3.63) is 53.1 Å². The summed E-state index contributed by atoms with van der Waals surface area (Å²) in [5.41, 5.74) is 1.02. The van der Waals surface area contributed by atoms with E-state index in [1.807, 2.05) is 0 Å². The van der Waals surface area contributed by atoms with Crippen LogP contribution in [-0.4, -0.2) is 12.2 Å². The molecule has 2 aromatic rings. The molecular formula is C15H12ClNO3. The van der Waals surface area contributed by atoms with Crippen LogP contribution in [0.15, 0.2) is 42.5 Å². The molecule has 2 rings (SSSR count). The average molecular weight is 290 g/mol. The molecule has 1 N–H and O–H groups in total. The van der Waals surface area contributed by atoms with Gasteiger partial charge in [-0.15, -0.1) is 0 Å². The van der Waals surface area contributed by atoms with Crippen LogP contribution in [0.1, 0.15) is 17.3 Å². The zero-order valence-electron chi connectivity index (χ0n) is 10.7. The van der Waals surface area contributed by atoms with E-state index < -0.39 is 0 Å². The second-order valence-electron chi connectivity index (χ2n) is 4.09. The summed E-state index contributed by atoms with van der Waals surface area (Å²) in [6.45, 7) is 1.42. The Bertz CT molecular complexity index is 655. The Morgan fingerprint density at radius 2 is 1.95 bits per heavy atom. The smallest absolute Gasteiger partial charge is 0.221 e. The first kappa shape index (κ1) is 14.1. The standard InChI is InChI=1S/C15H12ClNO3/c1-10(19)17-13-4-2-3-5-15(13)20-14-7-6-11(9-18)8-12(14)16/h2-9H,1H3,(H,17,19). The Kier molecular flexibility index (Phi) is 4.38. The molecule has 20 heavy (non-hydrogen) atoms. The van der Waals surface area contributed by atoms with Gasteiger partial charge in [0.2, 0.25) is 5.91 Å². The predicted molar refractivity (Wildman–Crippen MR) is 77.7 cm³/mol. The number of hydrogen-bond acceptors (Lipinski definition) is 3. The molecule has 0 unspecified atom stereocenters. The fourth-order valence-electron chi connectivity index (χ4n) is 1.64. The van der Waals surface area contributed by atoms with Crippen LogP contribution in [0, 0.1) is 0 Å². The molecule has 0 aliphatic rings. The highest BCUT2D eigenvalue weighted by Gasteiger charge is 2.08. The van der Waals surface area contributed by atoms with Crippen LogP contribution in [0.2, 0.25) is 5.02 Å². The van der Waals surface area contributed by atoms with Gasteiger partial charge in [0.15, 0.2) is 5.75 Å². The summed E-state index contributed by atoms with van der Waals surface area (Å²) in [6, 6.07) is 11.7. The van der Waals surface area contributed by atoms with Crippen LogP contribution in [0.4, 0.5) is 5.69 Å². The molecule has 0 radical (unpaired) electrons. The van der Waals surface area contributed by atoms with Crippen LogP contribution >= 0.6 is 11.6 Å². The highest BCUT2D eigenvalue weighted by Crippen LogP contribution is 2.33. The van der Waals surface area contributed by atoms with Crippen LogP contribution in [0.3, 0.4) is 0 Å². The molecule has 0 saturated carbocycles. The zero-order valence-corrected chi connectivity index (χ0v) is 11.5. The zero-order chi connectivity index (χ0) is 14.5. The third kappa shape index (κ3) is 3.36. The van der Waals surface area contributed by atoms with Crippen molar-refractivity contribution in [3.8, 4) is 11.5 Å². The molecule has 0 aliphatic carbocycles. The monoisotopic (exact) mass is 289 g/mol. The van der Waals surface area contributed by atoms with Gasteiger partial charge in [0.1, 0.15) is 12.0 Å². The highest BCUT2D eigenvalue weighted by molar-refractivity contribution is 6.32. The molecule has 0 fully saturated rings. The quantitative estimate of drug-likeness (QED) is 0.868. The number of nitrogens with one attached hydrogen (secondary N) is 1. The number of aldehydes is 1. The first-order valence-corrected chi connectivity index (χ1v) is 6.27. The second-order valence-corrected chi connectivity index (χ2v) is 4.49. The number of halogens is 1. The molecule has 0 saturated heterocycles. The fourth-order valence-corrected chi connectivity index (χ4v) is 1.87. The van der Waals surface area contributed by atoms with Gasteiger partial charge in [-0.05, 0) is 30.3 Å². The number of amides is 1. The minimum Gasteiger partial charge on any atom is -0.454 e. The second kappa shape index (κ2) is 6.21. The molecule has 4 nitrogen and oxygen atoms in total. The maximum atomic E-state index is 11.1. The van der Waals surface area contributed by atoms with Crippen molar-refractivity contribution in [2.24, 2.45) is 0 Å². The molecule has 5 heteroatoms. The number of ether oxygens (including phenoxy) is 1. The first-order chi connectivity index (χ1) is 9.60. The molecular weight excluding hydrogens is 278 g/mol. The molecule has 0 aromatic heterocycles. The van der Waals surface area contributed by atoms with E-state index in [0.29, 0.717) is 34.1 Å². The van der Waals surface area contributed by atoms with E-state index in [1.54, 1.807) is 36.4 Å². The molecule has 0 spiro atoms. The molecule has 102 valence electrons. The van der Waals surface area contributed by atoms with E-state index in [9.17, 15) is 9.59 Å². The number of rotatable bonds is 4. The summed E-state index contributed by atoms with van der Waals surface area (Å²) in [7, 11) is 0. The van der Waals surface area contributed by atoms with E-state index in [4.69, 9.17) is 16.3 Å². The Morgan fingerprint density at radius 1 is 1.20 bits per heavy atom. The summed E-state index contributed by atoms with van der Waals surface area (Å²) >= 11 is 6.04. The molecule has 0 aliphatic heterocycles. The Labute approximate surface area is 121 Å². The van der Waals surface area contributed by atoms with E-state index in [-0.39, 0.29) is 5.91 Å². The highest BCUT2D eigenvalue weighted by atomic mass is 35.5. The number of anilines is 1. The Morgan fingerprint density at radius 3 is 2.60 bits per heavy atom. The minimum absolute atomic E-state index is 0.191. The van der Waals surface area contributed by atoms with Crippen molar-refractivity contribution >= 4 is 29.5 Å². The van der Waals surface area contributed by atoms with Crippen LogP contribution in [0.5, 0.6) is 11.5 Å². The maximum absolute atomic E-state index is 11.1.